The zero-order valence-electron chi connectivity index (χ0n) is 32.7. The van der Waals surface area contributed by atoms with Crippen LogP contribution in [0.25, 0.3) is 11.4 Å². The summed E-state index contributed by atoms with van der Waals surface area (Å²) in [5.74, 6) is 0.702. The van der Waals surface area contributed by atoms with E-state index in [9.17, 15) is 19.3 Å². The van der Waals surface area contributed by atoms with Crippen LogP contribution in [-0.4, -0.2) is 79.4 Å². The molecule has 0 spiro atoms. The second-order valence-corrected chi connectivity index (χ2v) is 13.2. The highest BCUT2D eigenvalue weighted by Crippen LogP contribution is 2.24. The van der Waals surface area contributed by atoms with Gasteiger partial charge in [-0.2, -0.15) is 15.1 Å². The molecule has 6 N–H and O–H groups in total. The second kappa shape index (κ2) is 19.4. The van der Waals surface area contributed by atoms with Crippen LogP contribution >= 0.6 is 0 Å². The van der Waals surface area contributed by atoms with Gasteiger partial charge in [0.25, 0.3) is 5.91 Å². The molecule has 0 aliphatic heterocycles. The molecule has 4 aromatic carbocycles. The van der Waals surface area contributed by atoms with Gasteiger partial charge in [-0.05, 0) is 110 Å². The molecule has 16 nitrogen and oxygen atoms in total. The number of nitrogens with two attached hydrogens (primary N) is 3. The minimum absolute atomic E-state index is 0.0913. The number of primary amides is 1. The maximum absolute atomic E-state index is 12.0. The van der Waals surface area contributed by atoms with Crippen LogP contribution in [0.2, 0.25) is 0 Å². The molecule has 0 fully saturated rings. The molecular weight excluding hydrogens is 741 g/mol. The van der Waals surface area contributed by atoms with Crippen molar-refractivity contribution in [1.29, 1.82) is 0 Å². The Morgan fingerprint density at radius 1 is 0.672 bits per heavy atom. The summed E-state index contributed by atoms with van der Waals surface area (Å²) in [7, 11) is 7.03. The van der Waals surface area contributed by atoms with Crippen molar-refractivity contribution in [2.24, 2.45) is 10.9 Å². The number of nitroso groups, excluding NO2 is 1. The highest BCUT2D eigenvalue weighted by molar-refractivity contribution is 5.95. The summed E-state index contributed by atoms with van der Waals surface area (Å²) in [5, 5.41) is 11.8. The number of benzene rings is 4. The first-order chi connectivity index (χ1) is 28.0. The fourth-order valence-electron chi connectivity index (χ4n) is 6.24. The van der Waals surface area contributed by atoms with Crippen LogP contribution in [-0.2, 0) is 19.4 Å². The van der Waals surface area contributed by atoms with Gasteiger partial charge in [0, 0.05) is 61.1 Å². The Morgan fingerprint density at radius 2 is 1.09 bits per heavy atom. The molecule has 6 rings (SSSR count). The highest BCUT2D eigenvalue weighted by Gasteiger charge is 2.23. The molecule has 0 aliphatic rings. The van der Waals surface area contributed by atoms with Gasteiger partial charge in [-0.15, -0.1) is 0 Å². The summed E-state index contributed by atoms with van der Waals surface area (Å²) in [4.78, 5) is 50.7. The molecule has 0 saturated heterocycles. The number of nitrogens with zero attached hydrogens (tertiary/aromatic N) is 7. The van der Waals surface area contributed by atoms with Crippen molar-refractivity contribution in [3.8, 4) is 22.9 Å². The van der Waals surface area contributed by atoms with Gasteiger partial charge in [0.15, 0.2) is 18.3 Å². The van der Waals surface area contributed by atoms with Gasteiger partial charge in [-0.1, -0.05) is 5.18 Å². The van der Waals surface area contributed by atoms with E-state index in [2.05, 4.69) is 20.3 Å². The number of nitrogen functional groups attached to an aromatic ring is 2. The van der Waals surface area contributed by atoms with Gasteiger partial charge in [-0.25, -0.2) is 9.36 Å². The van der Waals surface area contributed by atoms with Crippen LogP contribution in [0.1, 0.15) is 48.3 Å². The van der Waals surface area contributed by atoms with Crippen LogP contribution in [0.3, 0.4) is 0 Å². The van der Waals surface area contributed by atoms with Gasteiger partial charge >= 0.3 is 0 Å². The van der Waals surface area contributed by atoms with Gasteiger partial charge < -0.3 is 36.5 Å². The largest absolute Gasteiger partial charge is 0.497 e. The third-order valence-electron chi connectivity index (χ3n) is 9.50. The molecule has 58 heavy (non-hydrogen) atoms. The van der Waals surface area contributed by atoms with Crippen molar-refractivity contribution in [2.75, 3.05) is 62.7 Å². The number of hydrogen-bond acceptors (Lipinski definition) is 13. The number of aldehydes is 2. The molecule has 0 atom stereocenters. The SMILES string of the molecule is COc1ccc(-n2nc(C(N)=O)c(CCN(C)c3ccc(N)cc3)c2C=O)cc1.COc1ccc(-n2nc(CN=O)c(CCN(C)c3ccc(N)cc3)c2C=O)cc1. The van der Waals surface area contributed by atoms with E-state index >= 15 is 0 Å². The first-order valence-corrected chi connectivity index (χ1v) is 18.2. The lowest BCUT2D eigenvalue weighted by Gasteiger charge is -2.19. The molecule has 16 heteroatoms. The Balaban J connectivity index is 0.000000221. The maximum atomic E-state index is 12.0. The third-order valence-corrected chi connectivity index (χ3v) is 9.50. The number of amides is 1. The fourth-order valence-corrected chi connectivity index (χ4v) is 6.24. The van der Waals surface area contributed by atoms with Gasteiger partial charge in [-0.3, -0.25) is 14.4 Å². The van der Waals surface area contributed by atoms with Crippen molar-refractivity contribution < 1.29 is 23.9 Å². The average Bonchev–Trinajstić information content (AvgIpc) is 3.80. The second-order valence-electron chi connectivity index (χ2n) is 13.2. The molecular formula is C42H46N10O6. The topological polar surface area (TPSA) is 219 Å². The van der Waals surface area contributed by atoms with Crippen LogP contribution in [0.4, 0.5) is 22.7 Å². The average molecular weight is 787 g/mol. The van der Waals surface area contributed by atoms with E-state index in [-0.39, 0.29) is 12.2 Å². The predicted octanol–water partition coefficient (Wildman–Crippen LogP) is 5.27. The number of carbonyl (C=O) groups is 3. The van der Waals surface area contributed by atoms with E-state index < -0.39 is 5.91 Å². The summed E-state index contributed by atoms with van der Waals surface area (Å²) in [5.41, 5.74) is 24.2. The van der Waals surface area contributed by atoms with E-state index in [4.69, 9.17) is 26.7 Å². The first kappa shape index (κ1) is 41.7. The molecule has 0 bridgehead atoms. The molecule has 0 unspecified atom stereocenters. The molecule has 0 saturated carbocycles. The van der Waals surface area contributed by atoms with E-state index in [0.717, 1.165) is 23.2 Å². The lowest BCUT2D eigenvalue weighted by molar-refractivity contribution is 0.0993. The quantitative estimate of drug-likeness (QED) is 0.0612. The van der Waals surface area contributed by atoms with Gasteiger partial charge in [0.2, 0.25) is 0 Å². The Hall–Kier alpha value is -7.49. The normalized spacial score (nSPS) is 10.6. The molecule has 2 aromatic heterocycles. The molecule has 6 aromatic rings. The van der Waals surface area contributed by atoms with Crippen molar-refractivity contribution in [3.63, 3.8) is 0 Å². The number of hydrogen-bond donors (Lipinski definition) is 3. The summed E-state index contributed by atoms with van der Waals surface area (Å²) >= 11 is 0. The molecule has 0 radical (unpaired) electrons. The van der Waals surface area contributed by atoms with Gasteiger partial charge in [0.05, 0.1) is 31.3 Å². The lowest BCUT2D eigenvalue weighted by atomic mass is 10.1. The number of rotatable bonds is 17. The zero-order valence-corrected chi connectivity index (χ0v) is 32.7. The van der Waals surface area contributed by atoms with Crippen molar-refractivity contribution >= 4 is 41.2 Å². The first-order valence-electron chi connectivity index (χ1n) is 18.2. The Kier molecular flexibility index (Phi) is 13.9. The van der Waals surface area contributed by atoms with Gasteiger partial charge in [0.1, 0.15) is 29.4 Å². The van der Waals surface area contributed by atoms with Crippen LogP contribution in [0.5, 0.6) is 11.5 Å². The lowest BCUT2D eigenvalue weighted by Crippen LogP contribution is -2.22. The third kappa shape index (κ3) is 9.84. The monoisotopic (exact) mass is 786 g/mol. The fraction of sp³-hybridized carbons (Fsp3) is 0.214. The van der Waals surface area contributed by atoms with Crippen molar-refractivity contribution in [3.05, 3.63) is 136 Å². The Labute approximate surface area is 335 Å². The van der Waals surface area contributed by atoms with E-state index in [0.29, 0.717) is 89.1 Å². The summed E-state index contributed by atoms with van der Waals surface area (Å²) in [6, 6.07) is 29.2. The minimum atomic E-state index is -0.675. The number of aromatic nitrogens is 4. The summed E-state index contributed by atoms with van der Waals surface area (Å²) in [6.07, 6.45) is 2.42. The molecule has 300 valence electrons. The van der Waals surface area contributed by atoms with E-state index in [1.165, 1.54) is 4.68 Å². The Morgan fingerprint density at radius 3 is 1.48 bits per heavy atom. The molecule has 1 amide bonds. The number of likely N-dealkylation sites (N-methyl/N-ethyl adjacent to an activating group) is 2. The number of anilines is 4. The van der Waals surface area contributed by atoms with E-state index in [1.807, 2.05) is 67.5 Å². The maximum Gasteiger partial charge on any atom is 0.269 e. The van der Waals surface area contributed by atoms with E-state index in [1.54, 1.807) is 67.4 Å². The van der Waals surface area contributed by atoms with Crippen molar-refractivity contribution in [1.82, 2.24) is 19.6 Å². The standard InChI is InChI=1S/2C21H23N5O3/c1-25(16-5-3-15(22)4-6-16)12-11-19-20(13-23-28)24-26(21(19)14-27)17-7-9-18(29-2)10-8-17;1-25(15-5-3-14(22)4-6-15)12-11-18-19(13-27)26(24-20(18)21(23)28)16-7-9-17(29-2)10-8-16/h3-10,14H,11-13,22H2,1-2H3;3-10,13H,11-12,22H2,1-2H3,(H2,23,28). The minimum Gasteiger partial charge on any atom is -0.497 e. The predicted molar refractivity (Wildman–Crippen MR) is 225 cm³/mol. The summed E-state index contributed by atoms with van der Waals surface area (Å²) in [6.45, 7) is 1.09. The number of ether oxygens (including phenoxy) is 2. The van der Waals surface area contributed by atoms with Crippen LogP contribution in [0, 0.1) is 4.91 Å². The van der Waals surface area contributed by atoms with Crippen LogP contribution < -0.4 is 36.5 Å². The number of carbonyl (C=O) groups excluding carboxylic acids is 3. The zero-order chi connectivity index (χ0) is 41.8. The smallest absolute Gasteiger partial charge is 0.269 e. The highest BCUT2D eigenvalue weighted by atomic mass is 16.5. The number of methoxy groups -OCH3 is 2. The molecule has 2 heterocycles. The Bertz CT molecular complexity index is 2320. The van der Waals surface area contributed by atoms with Crippen molar-refractivity contribution in [2.45, 2.75) is 19.4 Å². The van der Waals surface area contributed by atoms with Crippen LogP contribution in [0.15, 0.2) is 102 Å². The molecule has 0 aliphatic carbocycles. The summed E-state index contributed by atoms with van der Waals surface area (Å²) < 4.78 is 13.3.